The molecule has 1 saturated heterocycles. The molecule has 0 spiro atoms. The van der Waals surface area contributed by atoms with E-state index in [0.29, 0.717) is 11.8 Å². The van der Waals surface area contributed by atoms with Gasteiger partial charge in [-0.15, -0.1) is 0 Å². The van der Waals surface area contributed by atoms with Crippen molar-refractivity contribution >= 4 is 0 Å². The van der Waals surface area contributed by atoms with Crippen LogP contribution in [0.3, 0.4) is 0 Å². The summed E-state index contributed by atoms with van der Waals surface area (Å²) >= 11 is 0. The van der Waals surface area contributed by atoms with E-state index in [2.05, 4.69) is 26.8 Å². The predicted molar refractivity (Wildman–Crippen MR) is 56.7 cm³/mol. The van der Waals surface area contributed by atoms with Gasteiger partial charge in [0.05, 0.1) is 18.1 Å². The van der Waals surface area contributed by atoms with E-state index in [4.69, 9.17) is 10.00 Å². The summed E-state index contributed by atoms with van der Waals surface area (Å²) in [7, 11) is 0. The minimum atomic E-state index is 0.212. The van der Waals surface area contributed by atoms with Gasteiger partial charge in [0, 0.05) is 12.5 Å². The lowest BCUT2D eigenvalue weighted by Gasteiger charge is -2.37. The normalized spacial score (nSPS) is 32.9. The third-order valence-electron chi connectivity index (χ3n) is 3.58. The van der Waals surface area contributed by atoms with Crippen LogP contribution in [0.5, 0.6) is 0 Å². The maximum Gasteiger partial charge on any atom is 0.0660 e. The summed E-state index contributed by atoms with van der Waals surface area (Å²) in [5, 5.41) is 9.11. The second-order valence-electron chi connectivity index (χ2n) is 4.25. The molecule has 3 atom stereocenters. The Balaban J connectivity index is 2.73. The van der Waals surface area contributed by atoms with E-state index in [0.717, 1.165) is 25.9 Å². The molecule has 0 bridgehead atoms. The van der Waals surface area contributed by atoms with Gasteiger partial charge in [0.1, 0.15) is 0 Å². The van der Waals surface area contributed by atoms with Crippen molar-refractivity contribution < 1.29 is 4.74 Å². The first-order chi connectivity index (χ1) is 6.74. The fourth-order valence-electron chi connectivity index (χ4n) is 2.71. The van der Waals surface area contributed by atoms with Crippen LogP contribution in [0.2, 0.25) is 0 Å². The summed E-state index contributed by atoms with van der Waals surface area (Å²) < 4.78 is 5.66. The van der Waals surface area contributed by atoms with Crippen LogP contribution in [-0.4, -0.2) is 12.7 Å². The molecule has 0 aromatic rings. The van der Waals surface area contributed by atoms with Crippen LogP contribution in [0.1, 0.15) is 40.0 Å². The number of nitrogens with zero attached hydrogens (tertiary/aromatic N) is 1. The molecule has 0 aromatic heterocycles. The maximum absolute atomic E-state index is 9.11. The Bertz CT molecular complexity index is 205. The lowest BCUT2D eigenvalue weighted by atomic mass is 9.74. The summed E-state index contributed by atoms with van der Waals surface area (Å²) in [4.78, 5) is 0. The summed E-state index contributed by atoms with van der Waals surface area (Å²) in [6, 6.07) is 2.45. The molecule has 0 amide bonds. The second kappa shape index (κ2) is 5.36. The Hall–Kier alpha value is -0.550. The van der Waals surface area contributed by atoms with Crippen molar-refractivity contribution in [1.82, 2.24) is 0 Å². The minimum Gasteiger partial charge on any atom is -0.378 e. The van der Waals surface area contributed by atoms with Gasteiger partial charge < -0.3 is 4.74 Å². The van der Waals surface area contributed by atoms with Gasteiger partial charge in [0.25, 0.3) is 0 Å². The molecule has 0 aromatic carbocycles. The first kappa shape index (κ1) is 11.5. The third-order valence-corrected chi connectivity index (χ3v) is 3.58. The highest BCUT2D eigenvalue weighted by molar-refractivity contribution is 4.95. The number of nitriles is 1. The fraction of sp³-hybridized carbons (Fsp3) is 0.917. The Morgan fingerprint density at radius 3 is 2.57 bits per heavy atom. The number of hydrogen-bond donors (Lipinski definition) is 0. The van der Waals surface area contributed by atoms with Gasteiger partial charge in [-0.2, -0.15) is 5.26 Å². The Morgan fingerprint density at radius 1 is 1.43 bits per heavy atom. The lowest BCUT2D eigenvalue weighted by molar-refractivity contribution is -0.0559. The molecular weight excluding hydrogens is 174 g/mol. The molecule has 0 saturated carbocycles. The van der Waals surface area contributed by atoms with Crippen molar-refractivity contribution in [3.05, 3.63) is 0 Å². The van der Waals surface area contributed by atoms with Crippen molar-refractivity contribution in [2.75, 3.05) is 6.61 Å². The highest BCUT2D eigenvalue weighted by Crippen LogP contribution is 2.35. The van der Waals surface area contributed by atoms with Crippen LogP contribution < -0.4 is 0 Å². The third kappa shape index (κ3) is 2.27. The molecule has 3 unspecified atom stereocenters. The van der Waals surface area contributed by atoms with E-state index in [1.54, 1.807) is 0 Å². The average Bonchev–Trinajstić information content (AvgIpc) is 2.22. The molecular formula is C12H21NO. The molecule has 1 fully saturated rings. The Morgan fingerprint density at radius 2 is 2.07 bits per heavy atom. The molecule has 2 heteroatoms. The zero-order valence-corrected chi connectivity index (χ0v) is 9.49. The average molecular weight is 195 g/mol. The first-order valence-corrected chi connectivity index (χ1v) is 5.75. The maximum atomic E-state index is 9.11. The Labute approximate surface area is 87.3 Å². The number of rotatable bonds is 3. The molecule has 0 N–H and O–H groups in total. The van der Waals surface area contributed by atoms with Crippen molar-refractivity contribution in [3.8, 4) is 6.07 Å². The zero-order chi connectivity index (χ0) is 10.6. The molecule has 1 aliphatic rings. The largest absolute Gasteiger partial charge is 0.378 e. The van der Waals surface area contributed by atoms with Crippen molar-refractivity contribution in [3.63, 3.8) is 0 Å². The SMILES string of the molecule is CCC(CC)C1C(C#N)CCOC1C. The second-order valence-corrected chi connectivity index (χ2v) is 4.25. The van der Waals surface area contributed by atoms with Crippen LogP contribution in [0.25, 0.3) is 0 Å². The van der Waals surface area contributed by atoms with Crippen LogP contribution in [-0.2, 0) is 4.74 Å². The van der Waals surface area contributed by atoms with Crippen molar-refractivity contribution in [2.45, 2.75) is 46.1 Å². The standard InChI is InChI=1S/C12H21NO/c1-4-10(5-2)12-9(3)14-7-6-11(12)8-13/h9-12H,4-7H2,1-3H3. The number of ether oxygens (including phenoxy) is 1. The first-order valence-electron chi connectivity index (χ1n) is 5.75. The van der Waals surface area contributed by atoms with Gasteiger partial charge in [-0.3, -0.25) is 0 Å². The van der Waals surface area contributed by atoms with Crippen molar-refractivity contribution in [2.24, 2.45) is 17.8 Å². The minimum absolute atomic E-state index is 0.212. The van der Waals surface area contributed by atoms with E-state index in [1.165, 1.54) is 0 Å². The molecule has 2 nitrogen and oxygen atoms in total. The Kier molecular flexibility index (Phi) is 4.41. The molecule has 14 heavy (non-hydrogen) atoms. The molecule has 0 radical (unpaired) electrons. The van der Waals surface area contributed by atoms with Crippen LogP contribution in [0.15, 0.2) is 0 Å². The molecule has 1 rings (SSSR count). The molecule has 1 heterocycles. The summed E-state index contributed by atoms with van der Waals surface area (Å²) in [6.45, 7) is 7.30. The van der Waals surface area contributed by atoms with Gasteiger partial charge in [-0.1, -0.05) is 26.7 Å². The van der Waals surface area contributed by atoms with Crippen LogP contribution in [0, 0.1) is 29.1 Å². The van der Waals surface area contributed by atoms with Gasteiger partial charge in [-0.25, -0.2) is 0 Å². The quantitative estimate of drug-likeness (QED) is 0.693. The smallest absolute Gasteiger partial charge is 0.0660 e. The van der Waals surface area contributed by atoms with Gasteiger partial charge in [-0.05, 0) is 19.3 Å². The predicted octanol–water partition coefficient (Wildman–Crippen LogP) is 2.99. The van der Waals surface area contributed by atoms with E-state index < -0.39 is 0 Å². The van der Waals surface area contributed by atoms with Crippen LogP contribution in [0.4, 0.5) is 0 Å². The lowest BCUT2D eigenvalue weighted by Crippen LogP contribution is -2.38. The summed E-state index contributed by atoms with van der Waals surface area (Å²) in [5.41, 5.74) is 0. The molecule has 80 valence electrons. The van der Waals surface area contributed by atoms with Gasteiger partial charge >= 0.3 is 0 Å². The van der Waals surface area contributed by atoms with E-state index in [9.17, 15) is 0 Å². The highest BCUT2D eigenvalue weighted by atomic mass is 16.5. The molecule has 0 aliphatic carbocycles. The van der Waals surface area contributed by atoms with Gasteiger partial charge in [0.15, 0.2) is 0 Å². The summed E-state index contributed by atoms with van der Waals surface area (Å²) in [6.07, 6.45) is 3.50. The van der Waals surface area contributed by atoms with Crippen LogP contribution >= 0.6 is 0 Å². The number of hydrogen-bond acceptors (Lipinski definition) is 2. The van der Waals surface area contributed by atoms with E-state index in [-0.39, 0.29) is 12.0 Å². The topological polar surface area (TPSA) is 33.0 Å². The van der Waals surface area contributed by atoms with E-state index in [1.807, 2.05) is 0 Å². The fourth-order valence-corrected chi connectivity index (χ4v) is 2.71. The highest BCUT2D eigenvalue weighted by Gasteiger charge is 2.35. The van der Waals surface area contributed by atoms with Crippen molar-refractivity contribution in [1.29, 1.82) is 5.26 Å². The van der Waals surface area contributed by atoms with Gasteiger partial charge in [0.2, 0.25) is 0 Å². The van der Waals surface area contributed by atoms with E-state index >= 15 is 0 Å². The zero-order valence-electron chi connectivity index (χ0n) is 9.49. The molecule has 1 aliphatic heterocycles. The summed E-state index contributed by atoms with van der Waals surface area (Å²) in [5.74, 6) is 1.31. The monoisotopic (exact) mass is 195 g/mol.